The number of fused-ring (bicyclic) bond motifs is 2. The van der Waals surface area contributed by atoms with Gasteiger partial charge in [0.25, 0.3) is 0 Å². The van der Waals surface area contributed by atoms with E-state index in [2.05, 4.69) is 42.5 Å². The zero-order chi connectivity index (χ0) is 27.8. The molecule has 0 aliphatic carbocycles. The minimum atomic E-state index is -0.277. The maximum atomic E-state index is 14.7. The molecule has 4 aromatic heterocycles. The Kier molecular flexibility index (Phi) is 6.65. The zero-order valence-electron chi connectivity index (χ0n) is 23.0. The summed E-state index contributed by atoms with van der Waals surface area (Å²) < 4.78 is 14.7. The van der Waals surface area contributed by atoms with E-state index in [0.717, 1.165) is 80.2 Å². The number of halogens is 1. The van der Waals surface area contributed by atoms with Crippen molar-refractivity contribution >= 4 is 33.3 Å². The van der Waals surface area contributed by atoms with Crippen molar-refractivity contribution in [2.45, 2.75) is 0 Å². The predicted octanol–water partition coefficient (Wildman–Crippen LogP) is 6.01. The highest BCUT2D eigenvalue weighted by Gasteiger charge is 2.16. The van der Waals surface area contributed by atoms with E-state index in [0.29, 0.717) is 0 Å². The van der Waals surface area contributed by atoms with Crippen LogP contribution in [-0.4, -0.2) is 71.3 Å². The van der Waals surface area contributed by atoms with Crippen LogP contribution in [0.5, 0.6) is 0 Å². The number of H-pyrrole nitrogens is 2. The van der Waals surface area contributed by atoms with E-state index < -0.39 is 0 Å². The Labute approximate surface area is 231 Å². The number of rotatable bonds is 8. The van der Waals surface area contributed by atoms with E-state index in [4.69, 9.17) is 4.98 Å². The Bertz CT molecular complexity index is 1820. The Morgan fingerprint density at radius 1 is 0.900 bits per heavy atom. The van der Waals surface area contributed by atoms with Gasteiger partial charge in [-0.15, -0.1) is 0 Å². The van der Waals surface area contributed by atoms with Crippen LogP contribution in [0.2, 0.25) is 0 Å². The number of nitrogens with zero attached hydrogens (tertiary/aromatic N) is 5. The van der Waals surface area contributed by atoms with Crippen molar-refractivity contribution in [1.29, 1.82) is 0 Å². The van der Waals surface area contributed by atoms with Gasteiger partial charge in [-0.1, -0.05) is 12.1 Å². The molecule has 202 valence electrons. The molecule has 0 amide bonds. The molecule has 6 rings (SSSR count). The summed E-state index contributed by atoms with van der Waals surface area (Å²) in [4.78, 5) is 17.0. The van der Waals surface area contributed by atoms with E-state index in [1.54, 1.807) is 6.07 Å². The third-order valence-electron chi connectivity index (χ3n) is 6.96. The predicted molar refractivity (Wildman–Crippen MR) is 161 cm³/mol. The lowest BCUT2D eigenvalue weighted by Gasteiger charge is -2.13. The fourth-order valence-electron chi connectivity index (χ4n) is 4.87. The highest BCUT2D eigenvalue weighted by atomic mass is 19.1. The quantitative estimate of drug-likeness (QED) is 0.222. The van der Waals surface area contributed by atoms with Crippen LogP contribution in [0.15, 0.2) is 73.1 Å². The standard InChI is InChI=1S/C31H31FN8/c1-39(2)11-10-34-22-13-19(12-21(32)15-22)24-6-5-7-27-25(24)16-29(35-27)31-30-28(37-38-31)9-8-26(36-30)20-14-23(40(3)4)18-33-17-20/h5-9,12-18,34-35H,10-11H2,1-4H3,(H,37,38). The van der Waals surface area contributed by atoms with Crippen molar-refractivity contribution in [3.63, 3.8) is 0 Å². The molecule has 0 saturated carbocycles. The molecule has 0 fully saturated rings. The van der Waals surface area contributed by atoms with Gasteiger partial charge in [0, 0.05) is 55.5 Å². The van der Waals surface area contributed by atoms with Gasteiger partial charge in [-0.25, -0.2) is 9.37 Å². The van der Waals surface area contributed by atoms with Gasteiger partial charge in [-0.2, -0.15) is 5.10 Å². The largest absolute Gasteiger partial charge is 0.384 e. The normalized spacial score (nSPS) is 11.6. The second-order valence-electron chi connectivity index (χ2n) is 10.4. The average Bonchev–Trinajstić information content (AvgIpc) is 3.56. The molecule has 40 heavy (non-hydrogen) atoms. The third-order valence-corrected chi connectivity index (χ3v) is 6.96. The maximum absolute atomic E-state index is 14.7. The van der Waals surface area contributed by atoms with Crippen molar-refractivity contribution in [2.75, 3.05) is 51.5 Å². The van der Waals surface area contributed by atoms with Crippen LogP contribution in [0.1, 0.15) is 0 Å². The summed E-state index contributed by atoms with van der Waals surface area (Å²) in [7, 11) is 8.01. The molecule has 0 unspecified atom stereocenters. The lowest BCUT2D eigenvalue weighted by Crippen LogP contribution is -2.20. The molecule has 0 aliphatic rings. The Hall–Kier alpha value is -4.76. The van der Waals surface area contributed by atoms with Crippen LogP contribution in [-0.2, 0) is 0 Å². The van der Waals surface area contributed by atoms with Crippen molar-refractivity contribution in [3.05, 3.63) is 78.9 Å². The molecule has 8 nitrogen and oxygen atoms in total. The van der Waals surface area contributed by atoms with Crippen molar-refractivity contribution in [2.24, 2.45) is 0 Å². The number of likely N-dealkylation sites (N-methyl/N-ethyl adjacent to an activating group) is 1. The lowest BCUT2D eigenvalue weighted by molar-refractivity contribution is 0.425. The Balaban J connectivity index is 1.39. The summed E-state index contributed by atoms with van der Waals surface area (Å²) in [5.74, 6) is -0.277. The highest BCUT2D eigenvalue weighted by Crippen LogP contribution is 2.35. The van der Waals surface area contributed by atoms with Gasteiger partial charge < -0.3 is 20.1 Å². The summed E-state index contributed by atoms with van der Waals surface area (Å²) in [6, 6.07) is 19.2. The molecule has 0 spiro atoms. The highest BCUT2D eigenvalue weighted by molar-refractivity contribution is 6.00. The molecule has 0 atom stereocenters. The number of aromatic amines is 2. The van der Waals surface area contributed by atoms with Crippen molar-refractivity contribution in [1.82, 2.24) is 30.0 Å². The number of pyridine rings is 2. The fourth-order valence-corrected chi connectivity index (χ4v) is 4.87. The molecule has 0 aliphatic heterocycles. The average molecular weight is 535 g/mol. The molecule has 0 radical (unpaired) electrons. The van der Waals surface area contributed by atoms with E-state index in [1.807, 2.05) is 81.9 Å². The summed E-state index contributed by atoms with van der Waals surface area (Å²) in [5.41, 5.74) is 9.36. The van der Waals surface area contributed by atoms with E-state index in [1.165, 1.54) is 6.07 Å². The summed E-state index contributed by atoms with van der Waals surface area (Å²) >= 11 is 0. The second-order valence-corrected chi connectivity index (χ2v) is 10.4. The van der Waals surface area contributed by atoms with Crippen molar-refractivity contribution < 1.29 is 4.39 Å². The Morgan fingerprint density at radius 2 is 1.77 bits per heavy atom. The van der Waals surface area contributed by atoms with E-state index >= 15 is 0 Å². The summed E-state index contributed by atoms with van der Waals surface area (Å²) in [6.45, 7) is 1.58. The first-order valence-electron chi connectivity index (χ1n) is 13.2. The Morgan fingerprint density at radius 3 is 2.60 bits per heavy atom. The number of nitrogens with one attached hydrogen (secondary N) is 3. The monoisotopic (exact) mass is 534 g/mol. The number of benzene rings is 2. The summed E-state index contributed by atoms with van der Waals surface area (Å²) in [6.07, 6.45) is 3.65. The minimum Gasteiger partial charge on any atom is -0.384 e. The van der Waals surface area contributed by atoms with Crippen LogP contribution in [0.4, 0.5) is 15.8 Å². The van der Waals surface area contributed by atoms with Crippen molar-refractivity contribution in [3.8, 4) is 33.8 Å². The van der Waals surface area contributed by atoms with Gasteiger partial charge in [-0.3, -0.25) is 10.1 Å². The second kappa shape index (κ2) is 10.4. The first kappa shape index (κ1) is 25.5. The van der Waals surface area contributed by atoms with Gasteiger partial charge in [-0.05, 0) is 73.8 Å². The van der Waals surface area contributed by atoms with Crippen LogP contribution < -0.4 is 10.2 Å². The third kappa shape index (κ3) is 4.99. The van der Waals surface area contributed by atoms with Crippen LogP contribution in [0.3, 0.4) is 0 Å². The van der Waals surface area contributed by atoms with E-state index in [9.17, 15) is 4.39 Å². The maximum Gasteiger partial charge on any atom is 0.135 e. The molecule has 4 heterocycles. The lowest BCUT2D eigenvalue weighted by atomic mass is 10.0. The molecule has 3 N–H and O–H groups in total. The van der Waals surface area contributed by atoms with Gasteiger partial charge in [0.2, 0.25) is 0 Å². The topological polar surface area (TPSA) is 88.8 Å². The molecular formula is C31H31FN8. The van der Waals surface area contributed by atoms with Crippen LogP contribution >= 0.6 is 0 Å². The van der Waals surface area contributed by atoms with E-state index in [-0.39, 0.29) is 5.82 Å². The smallest absolute Gasteiger partial charge is 0.135 e. The molecule has 2 aromatic carbocycles. The molecular weight excluding hydrogens is 503 g/mol. The van der Waals surface area contributed by atoms with Gasteiger partial charge in [0.15, 0.2) is 0 Å². The first-order valence-corrected chi connectivity index (χ1v) is 13.2. The molecule has 0 bridgehead atoms. The van der Waals surface area contributed by atoms with Gasteiger partial charge in [0.05, 0.1) is 28.8 Å². The summed E-state index contributed by atoms with van der Waals surface area (Å²) in [5, 5.41) is 12.0. The zero-order valence-corrected chi connectivity index (χ0v) is 23.0. The number of anilines is 2. The fraction of sp³-hybridized carbons (Fsp3) is 0.194. The number of hydrogen-bond acceptors (Lipinski definition) is 6. The van der Waals surface area contributed by atoms with Crippen LogP contribution in [0.25, 0.3) is 55.7 Å². The van der Waals surface area contributed by atoms with Crippen LogP contribution in [0, 0.1) is 5.82 Å². The SMILES string of the molecule is CN(C)CCNc1cc(F)cc(-c2cccc3[nH]c(-c4n[nH]c5ccc(-c6cncc(N(C)C)c6)nc45)cc23)c1. The number of aromatic nitrogens is 5. The molecule has 6 aromatic rings. The van der Waals surface area contributed by atoms with Gasteiger partial charge >= 0.3 is 0 Å². The number of hydrogen-bond donors (Lipinski definition) is 3. The minimum absolute atomic E-state index is 0.277. The first-order chi connectivity index (χ1) is 19.4. The molecule has 0 saturated heterocycles. The van der Waals surface area contributed by atoms with Gasteiger partial charge in [0.1, 0.15) is 17.0 Å². The molecule has 9 heteroatoms.